The van der Waals surface area contributed by atoms with Gasteiger partial charge in [0.05, 0.1) is 25.4 Å². The van der Waals surface area contributed by atoms with Crippen molar-refractivity contribution < 1.29 is 9.53 Å². The van der Waals surface area contributed by atoms with Crippen molar-refractivity contribution in [2.24, 2.45) is 11.8 Å². The predicted molar refractivity (Wildman–Crippen MR) is 108 cm³/mol. The fraction of sp³-hybridized carbons (Fsp3) is 0.545. The van der Waals surface area contributed by atoms with E-state index in [4.69, 9.17) is 9.84 Å². The smallest absolute Gasteiger partial charge is 0.317 e. The molecule has 28 heavy (non-hydrogen) atoms. The second-order valence-electron chi connectivity index (χ2n) is 8.37. The van der Waals surface area contributed by atoms with Gasteiger partial charge in [-0.3, -0.25) is 4.68 Å². The summed E-state index contributed by atoms with van der Waals surface area (Å²) in [7, 11) is 0. The van der Waals surface area contributed by atoms with Gasteiger partial charge in [0, 0.05) is 19.3 Å². The summed E-state index contributed by atoms with van der Waals surface area (Å²) in [5, 5.41) is 7.84. The van der Waals surface area contributed by atoms with Crippen molar-refractivity contribution in [3.63, 3.8) is 0 Å². The molecule has 0 bridgehead atoms. The number of piperidine rings is 1. The minimum absolute atomic E-state index is 0.0119. The van der Waals surface area contributed by atoms with Gasteiger partial charge in [0.1, 0.15) is 6.10 Å². The first-order valence-electron chi connectivity index (χ1n) is 10.3. The third-order valence-corrected chi connectivity index (χ3v) is 5.65. The van der Waals surface area contributed by atoms with Crippen LogP contribution in [0.2, 0.25) is 0 Å². The molecule has 0 radical (unpaired) electrons. The van der Waals surface area contributed by atoms with E-state index in [0.29, 0.717) is 25.0 Å². The Morgan fingerprint density at radius 1 is 1.21 bits per heavy atom. The second kappa shape index (κ2) is 8.35. The molecule has 0 saturated carbocycles. The van der Waals surface area contributed by atoms with Crippen LogP contribution in [0.5, 0.6) is 0 Å². The van der Waals surface area contributed by atoms with Crippen LogP contribution in [0.25, 0.3) is 0 Å². The second-order valence-corrected chi connectivity index (χ2v) is 8.37. The van der Waals surface area contributed by atoms with E-state index in [0.717, 1.165) is 31.7 Å². The lowest BCUT2D eigenvalue weighted by Crippen LogP contribution is -2.48. The van der Waals surface area contributed by atoms with E-state index < -0.39 is 0 Å². The number of aromatic nitrogens is 2. The number of rotatable bonds is 4. The molecule has 2 aromatic rings. The minimum Gasteiger partial charge on any atom is -0.370 e. The van der Waals surface area contributed by atoms with Gasteiger partial charge in [-0.1, -0.05) is 44.2 Å². The molecule has 6 nitrogen and oxygen atoms in total. The topological polar surface area (TPSA) is 59.4 Å². The molecule has 2 aliphatic heterocycles. The van der Waals surface area contributed by atoms with Crippen molar-refractivity contribution in [2.45, 2.75) is 39.3 Å². The summed E-state index contributed by atoms with van der Waals surface area (Å²) in [6, 6.07) is 10.3. The van der Waals surface area contributed by atoms with Crippen molar-refractivity contribution in [1.29, 1.82) is 0 Å². The summed E-state index contributed by atoms with van der Waals surface area (Å²) in [5.74, 6) is 1.11. The lowest BCUT2D eigenvalue weighted by molar-refractivity contribution is 0.0394. The van der Waals surface area contributed by atoms with Gasteiger partial charge < -0.3 is 15.0 Å². The minimum atomic E-state index is -0.177. The number of carbonyl (C=O) groups excluding carboxylic acids is 1. The highest BCUT2D eigenvalue weighted by atomic mass is 16.5. The third kappa shape index (κ3) is 4.38. The van der Waals surface area contributed by atoms with Crippen molar-refractivity contribution >= 4 is 6.03 Å². The van der Waals surface area contributed by atoms with Crippen LogP contribution >= 0.6 is 0 Å². The van der Waals surface area contributed by atoms with Gasteiger partial charge in [-0.15, -0.1) is 0 Å². The molecule has 1 fully saturated rings. The molecule has 6 heteroatoms. The van der Waals surface area contributed by atoms with E-state index >= 15 is 0 Å². The van der Waals surface area contributed by atoms with Gasteiger partial charge in [-0.2, -0.15) is 5.10 Å². The SMILES string of the molecule is C[C@@H]1C[C@@H](C)CN(C(=O)NC[C@@H]2OCCc3cn(Cc4ccccc4)nc32)C1. The van der Waals surface area contributed by atoms with Gasteiger partial charge in [-0.25, -0.2) is 4.79 Å². The zero-order chi connectivity index (χ0) is 19.5. The molecule has 2 aliphatic rings. The predicted octanol–water partition coefficient (Wildman–Crippen LogP) is 3.23. The normalized spacial score (nSPS) is 24.6. The summed E-state index contributed by atoms with van der Waals surface area (Å²) < 4.78 is 7.92. The summed E-state index contributed by atoms with van der Waals surface area (Å²) in [6.45, 7) is 7.97. The van der Waals surface area contributed by atoms with Gasteiger partial charge in [0.2, 0.25) is 0 Å². The molecule has 150 valence electrons. The van der Waals surface area contributed by atoms with Crippen LogP contribution in [0.15, 0.2) is 36.5 Å². The molecule has 0 unspecified atom stereocenters. The van der Waals surface area contributed by atoms with Crippen LogP contribution in [0, 0.1) is 11.8 Å². The first-order chi connectivity index (χ1) is 13.6. The molecule has 1 aromatic heterocycles. The Bertz CT molecular complexity index is 794. The highest BCUT2D eigenvalue weighted by molar-refractivity contribution is 5.74. The Kier molecular flexibility index (Phi) is 5.67. The number of nitrogens with zero attached hydrogens (tertiary/aromatic N) is 3. The number of nitrogens with one attached hydrogen (secondary N) is 1. The van der Waals surface area contributed by atoms with E-state index in [9.17, 15) is 4.79 Å². The van der Waals surface area contributed by atoms with Crippen LogP contribution in [-0.4, -0.2) is 47.0 Å². The highest BCUT2D eigenvalue weighted by Gasteiger charge is 2.28. The summed E-state index contributed by atoms with van der Waals surface area (Å²) in [5.41, 5.74) is 3.41. The molecular formula is C22H30N4O2. The molecule has 3 atom stereocenters. The highest BCUT2D eigenvalue weighted by Crippen LogP contribution is 2.26. The number of likely N-dealkylation sites (tertiary alicyclic amines) is 1. The van der Waals surface area contributed by atoms with Crippen molar-refractivity contribution in [3.05, 3.63) is 53.3 Å². The summed E-state index contributed by atoms with van der Waals surface area (Å²) in [4.78, 5) is 14.6. The number of amides is 2. The van der Waals surface area contributed by atoms with Gasteiger partial charge in [-0.05, 0) is 35.8 Å². The number of fused-ring (bicyclic) bond motifs is 1. The Labute approximate surface area is 166 Å². The van der Waals surface area contributed by atoms with Gasteiger partial charge >= 0.3 is 6.03 Å². The van der Waals surface area contributed by atoms with Crippen LogP contribution in [0.3, 0.4) is 0 Å². The Morgan fingerprint density at radius 2 is 1.96 bits per heavy atom. The molecule has 0 spiro atoms. The molecule has 1 saturated heterocycles. The zero-order valence-corrected chi connectivity index (χ0v) is 16.8. The maximum Gasteiger partial charge on any atom is 0.317 e. The number of urea groups is 1. The number of benzene rings is 1. The molecule has 1 N–H and O–H groups in total. The molecule has 3 heterocycles. The summed E-state index contributed by atoms with van der Waals surface area (Å²) >= 11 is 0. The average Bonchev–Trinajstić information content (AvgIpc) is 3.09. The molecule has 4 rings (SSSR count). The van der Waals surface area contributed by atoms with Crippen LogP contribution in [0.1, 0.15) is 43.2 Å². The quantitative estimate of drug-likeness (QED) is 0.883. The van der Waals surface area contributed by atoms with Crippen LogP contribution < -0.4 is 5.32 Å². The first-order valence-corrected chi connectivity index (χ1v) is 10.3. The largest absolute Gasteiger partial charge is 0.370 e. The van der Waals surface area contributed by atoms with E-state index in [1.165, 1.54) is 17.5 Å². The number of hydrogen-bond donors (Lipinski definition) is 1. The Hall–Kier alpha value is -2.34. The number of ether oxygens (including phenoxy) is 1. The Balaban J connectivity index is 1.38. The van der Waals surface area contributed by atoms with Crippen molar-refractivity contribution in [2.75, 3.05) is 26.2 Å². The average molecular weight is 383 g/mol. The van der Waals surface area contributed by atoms with E-state index in [1.54, 1.807) is 0 Å². The van der Waals surface area contributed by atoms with Gasteiger partial charge in [0.15, 0.2) is 0 Å². The van der Waals surface area contributed by atoms with Crippen LogP contribution in [0.4, 0.5) is 4.79 Å². The van der Waals surface area contributed by atoms with E-state index in [1.807, 2.05) is 27.8 Å². The molecule has 2 amide bonds. The van der Waals surface area contributed by atoms with Gasteiger partial charge in [0.25, 0.3) is 0 Å². The third-order valence-electron chi connectivity index (χ3n) is 5.65. The number of carbonyl (C=O) groups is 1. The lowest BCUT2D eigenvalue weighted by Gasteiger charge is -2.35. The molecule has 1 aromatic carbocycles. The van der Waals surface area contributed by atoms with E-state index in [2.05, 4.69) is 37.5 Å². The monoisotopic (exact) mass is 382 g/mol. The fourth-order valence-electron chi connectivity index (χ4n) is 4.46. The Morgan fingerprint density at radius 3 is 2.71 bits per heavy atom. The summed E-state index contributed by atoms with van der Waals surface area (Å²) in [6.07, 6.45) is 4.01. The van der Waals surface area contributed by atoms with E-state index in [-0.39, 0.29) is 12.1 Å². The fourth-order valence-corrected chi connectivity index (χ4v) is 4.46. The standard InChI is InChI=1S/C22H30N4O2/c1-16-10-17(2)13-25(12-16)22(27)23-11-20-21-19(8-9-28-20)15-26(24-21)14-18-6-4-3-5-7-18/h3-7,15-17,20H,8-14H2,1-2H3,(H,23,27)/t16-,17-,20+/m1/s1. The number of hydrogen-bond acceptors (Lipinski definition) is 3. The van der Waals surface area contributed by atoms with Crippen LogP contribution in [-0.2, 0) is 17.7 Å². The molecular weight excluding hydrogens is 352 g/mol. The maximum atomic E-state index is 12.6. The zero-order valence-electron chi connectivity index (χ0n) is 16.8. The first kappa shape index (κ1) is 19.0. The van der Waals surface area contributed by atoms with Crippen molar-refractivity contribution in [1.82, 2.24) is 20.0 Å². The van der Waals surface area contributed by atoms with Crippen molar-refractivity contribution in [3.8, 4) is 0 Å². The molecule has 0 aliphatic carbocycles. The lowest BCUT2D eigenvalue weighted by atomic mass is 9.92. The maximum absolute atomic E-state index is 12.6.